The van der Waals surface area contributed by atoms with E-state index in [0.717, 1.165) is 11.2 Å². The minimum Gasteiger partial charge on any atom is -0.480 e. The number of nitrogens with one attached hydrogen (secondary N) is 1. The maximum atomic E-state index is 11.2. The maximum absolute atomic E-state index is 11.2. The van der Waals surface area contributed by atoms with E-state index in [-0.39, 0.29) is 12.0 Å². The van der Waals surface area contributed by atoms with Crippen LogP contribution >= 0.6 is 0 Å². The first kappa shape index (κ1) is 15.2. The molecular formula is C14H20N4O3. The first-order valence-corrected chi connectivity index (χ1v) is 6.66. The van der Waals surface area contributed by atoms with Crippen LogP contribution in [-0.2, 0) is 14.9 Å². The zero-order valence-corrected chi connectivity index (χ0v) is 12.6. The molecule has 0 fully saturated rings. The maximum Gasteiger partial charge on any atom is 0.328 e. The van der Waals surface area contributed by atoms with Crippen molar-refractivity contribution >= 4 is 17.3 Å². The van der Waals surface area contributed by atoms with Crippen LogP contribution < -0.4 is 5.32 Å². The van der Waals surface area contributed by atoms with Crippen LogP contribution in [0.1, 0.15) is 26.5 Å². The summed E-state index contributed by atoms with van der Waals surface area (Å²) in [5.74, 6) is -0.513. The number of nitrogens with zero attached hydrogens (tertiary/aromatic N) is 3. The second-order valence-corrected chi connectivity index (χ2v) is 5.88. The van der Waals surface area contributed by atoms with Crippen LogP contribution in [0.5, 0.6) is 0 Å². The van der Waals surface area contributed by atoms with E-state index in [2.05, 4.69) is 36.2 Å². The number of aliphatic carboxylic acids is 1. The summed E-state index contributed by atoms with van der Waals surface area (Å²) < 4.78 is 6.61. The van der Waals surface area contributed by atoms with Gasteiger partial charge in [-0.3, -0.25) is 0 Å². The van der Waals surface area contributed by atoms with E-state index in [1.165, 1.54) is 7.11 Å². The largest absolute Gasteiger partial charge is 0.480 e. The third kappa shape index (κ3) is 3.30. The molecule has 1 atom stereocenters. The zero-order chi connectivity index (χ0) is 15.6. The van der Waals surface area contributed by atoms with Gasteiger partial charge in [0.1, 0.15) is 11.6 Å². The first-order chi connectivity index (χ1) is 9.82. The smallest absolute Gasteiger partial charge is 0.328 e. The molecule has 2 rings (SSSR count). The van der Waals surface area contributed by atoms with E-state index < -0.39 is 12.0 Å². The highest BCUT2D eigenvalue weighted by Crippen LogP contribution is 2.24. The van der Waals surface area contributed by atoms with Crippen LogP contribution in [0, 0.1) is 0 Å². The molecule has 0 radical (unpaired) electrons. The molecule has 0 aliphatic carbocycles. The molecule has 7 nitrogen and oxygen atoms in total. The minimum absolute atomic E-state index is 0.0539. The Morgan fingerprint density at radius 2 is 2.24 bits per heavy atom. The SMILES string of the molecule is COCC(Nc1nccn2nc(C(C)(C)C)cc12)C(=O)O. The lowest BCUT2D eigenvalue weighted by Crippen LogP contribution is -2.34. The molecule has 2 aromatic rings. The fourth-order valence-corrected chi connectivity index (χ4v) is 1.91. The van der Waals surface area contributed by atoms with Gasteiger partial charge in [-0.1, -0.05) is 20.8 Å². The third-order valence-corrected chi connectivity index (χ3v) is 3.10. The van der Waals surface area contributed by atoms with Crippen molar-refractivity contribution in [3.8, 4) is 0 Å². The molecule has 2 heterocycles. The first-order valence-electron chi connectivity index (χ1n) is 6.66. The number of fused-ring (bicyclic) bond motifs is 1. The van der Waals surface area contributed by atoms with Gasteiger partial charge < -0.3 is 15.2 Å². The number of aromatic nitrogens is 3. The van der Waals surface area contributed by atoms with Crippen molar-refractivity contribution < 1.29 is 14.6 Å². The van der Waals surface area contributed by atoms with Gasteiger partial charge in [-0.2, -0.15) is 5.10 Å². The van der Waals surface area contributed by atoms with Crippen LogP contribution in [0.2, 0.25) is 0 Å². The highest BCUT2D eigenvalue weighted by Gasteiger charge is 2.22. The third-order valence-electron chi connectivity index (χ3n) is 3.10. The molecule has 0 aromatic carbocycles. The van der Waals surface area contributed by atoms with Crippen molar-refractivity contribution in [2.75, 3.05) is 19.0 Å². The lowest BCUT2D eigenvalue weighted by molar-refractivity contribution is -0.139. The molecule has 21 heavy (non-hydrogen) atoms. The van der Waals surface area contributed by atoms with Crippen molar-refractivity contribution in [1.29, 1.82) is 0 Å². The molecule has 0 spiro atoms. The Bertz CT molecular complexity index is 645. The Morgan fingerprint density at radius 3 is 2.81 bits per heavy atom. The molecule has 7 heteroatoms. The second kappa shape index (κ2) is 5.69. The highest BCUT2D eigenvalue weighted by atomic mass is 16.5. The lowest BCUT2D eigenvalue weighted by Gasteiger charge is -2.14. The standard InChI is InChI=1S/C14H20N4O3/c1-14(2,3)11-7-10-12(15-5-6-18(10)17-11)16-9(8-21-4)13(19)20/h5-7,9H,8H2,1-4H3,(H,15,16)(H,19,20). The van der Waals surface area contributed by atoms with Gasteiger partial charge in [0, 0.05) is 24.9 Å². The Kier molecular flexibility index (Phi) is 4.13. The number of methoxy groups -OCH3 is 1. The number of ether oxygens (including phenoxy) is 1. The number of carbonyl (C=O) groups is 1. The van der Waals surface area contributed by atoms with Crippen LogP contribution in [0.15, 0.2) is 18.5 Å². The average Bonchev–Trinajstić information content (AvgIpc) is 2.83. The van der Waals surface area contributed by atoms with Crippen LogP contribution in [-0.4, -0.2) is 45.4 Å². The van der Waals surface area contributed by atoms with Gasteiger partial charge >= 0.3 is 5.97 Å². The van der Waals surface area contributed by atoms with E-state index in [9.17, 15) is 9.90 Å². The van der Waals surface area contributed by atoms with Gasteiger partial charge in [0.25, 0.3) is 0 Å². The Morgan fingerprint density at radius 1 is 1.52 bits per heavy atom. The van der Waals surface area contributed by atoms with Crippen molar-refractivity contribution in [3.63, 3.8) is 0 Å². The van der Waals surface area contributed by atoms with Gasteiger partial charge in [-0.05, 0) is 6.07 Å². The summed E-state index contributed by atoms with van der Waals surface area (Å²) in [6.45, 7) is 6.26. The second-order valence-electron chi connectivity index (χ2n) is 5.88. The van der Waals surface area contributed by atoms with Crippen LogP contribution in [0.25, 0.3) is 5.52 Å². The molecule has 0 aliphatic heterocycles. The van der Waals surface area contributed by atoms with Crippen molar-refractivity contribution in [2.45, 2.75) is 32.2 Å². The molecule has 0 saturated carbocycles. The van der Waals surface area contributed by atoms with E-state index in [4.69, 9.17) is 4.74 Å². The molecule has 114 valence electrons. The number of hydrogen-bond acceptors (Lipinski definition) is 5. The molecule has 0 amide bonds. The normalized spacial score (nSPS) is 13.3. The summed E-state index contributed by atoms with van der Waals surface area (Å²) in [4.78, 5) is 15.4. The van der Waals surface area contributed by atoms with Gasteiger partial charge in [-0.15, -0.1) is 0 Å². The van der Waals surface area contributed by atoms with Crippen molar-refractivity contribution in [3.05, 3.63) is 24.2 Å². The monoisotopic (exact) mass is 292 g/mol. The molecule has 2 N–H and O–H groups in total. The van der Waals surface area contributed by atoms with Crippen LogP contribution in [0.4, 0.5) is 5.82 Å². The average molecular weight is 292 g/mol. The quantitative estimate of drug-likeness (QED) is 0.869. The molecule has 0 aliphatic rings. The topological polar surface area (TPSA) is 88.8 Å². The predicted octanol–water partition coefficient (Wildman–Crippen LogP) is 1.54. The molecule has 1 unspecified atom stereocenters. The summed E-state index contributed by atoms with van der Waals surface area (Å²) in [6, 6.07) is 1.06. The van der Waals surface area contributed by atoms with E-state index >= 15 is 0 Å². The highest BCUT2D eigenvalue weighted by molar-refractivity contribution is 5.80. The van der Waals surface area contributed by atoms with E-state index in [0.29, 0.717) is 5.82 Å². The number of hydrogen-bond donors (Lipinski definition) is 2. The lowest BCUT2D eigenvalue weighted by atomic mass is 9.92. The number of rotatable bonds is 5. The number of carboxylic acids is 1. The summed E-state index contributed by atoms with van der Waals surface area (Å²) in [6.07, 6.45) is 3.32. The Hall–Kier alpha value is -2.15. The van der Waals surface area contributed by atoms with Gasteiger partial charge in [0.05, 0.1) is 12.3 Å². The van der Waals surface area contributed by atoms with Gasteiger partial charge in [0.15, 0.2) is 5.82 Å². The number of anilines is 1. The molecule has 2 aromatic heterocycles. The fraction of sp³-hybridized carbons (Fsp3) is 0.500. The van der Waals surface area contributed by atoms with Crippen LogP contribution in [0.3, 0.4) is 0 Å². The summed E-state index contributed by atoms with van der Waals surface area (Å²) in [5, 5.41) is 16.6. The Balaban J connectivity index is 2.40. The minimum atomic E-state index is -0.990. The van der Waals surface area contributed by atoms with E-state index in [1.807, 2.05) is 6.07 Å². The molecule has 0 saturated heterocycles. The summed E-state index contributed by atoms with van der Waals surface area (Å²) in [5.41, 5.74) is 1.56. The fourth-order valence-electron chi connectivity index (χ4n) is 1.91. The van der Waals surface area contributed by atoms with Gasteiger partial charge in [-0.25, -0.2) is 14.3 Å². The number of carboxylic acid groups (broad SMARTS) is 1. The van der Waals surface area contributed by atoms with Gasteiger partial charge in [0.2, 0.25) is 0 Å². The summed E-state index contributed by atoms with van der Waals surface area (Å²) >= 11 is 0. The van der Waals surface area contributed by atoms with Crippen molar-refractivity contribution in [2.24, 2.45) is 0 Å². The zero-order valence-electron chi connectivity index (χ0n) is 12.6. The molecular weight excluding hydrogens is 272 g/mol. The van der Waals surface area contributed by atoms with Crippen molar-refractivity contribution in [1.82, 2.24) is 14.6 Å². The predicted molar refractivity (Wildman–Crippen MR) is 78.6 cm³/mol. The Labute approximate surface area is 122 Å². The summed E-state index contributed by atoms with van der Waals surface area (Å²) in [7, 11) is 1.46. The van der Waals surface area contributed by atoms with E-state index in [1.54, 1.807) is 16.9 Å². The molecule has 0 bridgehead atoms.